The molecule has 0 bridgehead atoms. The third-order valence-electron chi connectivity index (χ3n) is 11.5. The quantitative estimate of drug-likeness (QED) is 0.156. The van der Waals surface area contributed by atoms with Gasteiger partial charge >= 0.3 is 12.4 Å². The van der Waals surface area contributed by atoms with E-state index in [1.807, 2.05) is 150 Å². The average Bonchev–Trinajstić information content (AvgIpc) is 3.87. The molecular weight excluding hydrogens is 823 g/mol. The molecule has 0 saturated heterocycles. The molecule has 8 aromatic carbocycles. The first-order valence-electron chi connectivity index (χ1n) is 20.2. The van der Waals surface area contributed by atoms with E-state index >= 15 is 0 Å². The van der Waals surface area contributed by atoms with E-state index in [0.717, 1.165) is 67.0 Å². The monoisotopic (exact) mass is 852 g/mol. The number of halogens is 6. The van der Waals surface area contributed by atoms with Crippen molar-refractivity contribution in [3.05, 3.63) is 193 Å². The van der Waals surface area contributed by atoms with E-state index < -0.39 is 23.5 Å². The minimum absolute atomic E-state index is 0.141. The van der Waals surface area contributed by atoms with E-state index in [1.165, 1.54) is 0 Å². The van der Waals surface area contributed by atoms with Crippen LogP contribution in [0.2, 0.25) is 0 Å². The van der Waals surface area contributed by atoms with Crippen LogP contribution in [-0.2, 0) is 12.4 Å². The second-order valence-electron chi connectivity index (χ2n) is 15.4. The van der Waals surface area contributed by atoms with E-state index in [4.69, 9.17) is 19.4 Å². The maximum Gasteiger partial charge on any atom is 0.416 e. The van der Waals surface area contributed by atoms with Crippen molar-refractivity contribution in [2.45, 2.75) is 12.4 Å². The average molecular weight is 853 g/mol. The minimum atomic E-state index is -5.01. The second-order valence-corrected chi connectivity index (χ2v) is 15.4. The summed E-state index contributed by atoms with van der Waals surface area (Å²) >= 11 is 0. The van der Waals surface area contributed by atoms with E-state index in [-0.39, 0.29) is 17.2 Å². The highest BCUT2D eigenvalue weighted by molar-refractivity contribution is 6.13. The van der Waals surface area contributed by atoms with Gasteiger partial charge in [0.15, 0.2) is 17.5 Å². The van der Waals surface area contributed by atoms with Gasteiger partial charge < -0.3 is 8.98 Å². The molecule has 0 fully saturated rings. The number of aromatic nitrogens is 4. The van der Waals surface area contributed by atoms with Gasteiger partial charge in [-0.15, -0.1) is 0 Å². The molecule has 0 atom stereocenters. The first-order valence-corrected chi connectivity index (χ1v) is 20.2. The van der Waals surface area contributed by atoms with Gasteiger partial charge in [-0.2, -0.15) is 26.3 Å². The summed E-state index contributed by atoms with van der Waals surface area (Å²) in [5.74, 6) is 1.19. The fourth-order valence-corrected chi connectivity index (χ4v) is 8.55. The van der Waals surface area contributed by atoms with Crippen molar-refractivity contribution in [2.24, 2.45) is 0 Å². The molecule has 11 aromatic rings. The van der Waals surface area contributed by atoms with Gasteiger partial charge in [0.25, 0.3) is 0 Å². The Balaban J connectivity index is 1.22. The number of alkyl halides is 6. The molecule has 0 aliphatic rings. The normalized spacial score (nSPS) is 12.2. The molecule has 3 aromatic heterocycles. The van der Waals surface area contributed by atoms with E-state index in [0.29, 0.717) is 39.8 Å². The molecule has 0 radical (unpaired) electrons. The van der Waals surface area contributed by atoms with Gasteiger partial charge in [-0.1, -0.05) is 127 Å². The van der Waals surface area contributed by atoms with Gasteiger partial charge in [-0.25, -0.2) is 15.0 Å². The van der Waals surface area contributed by atoms with Crippen LogP contribution in [0.1, 0.15) is 11.1 Å². The summed E-state index contributed by atoms with van der Waals surface area (Å²) in [6.07, 6.45) is -10.0. The van der Waals surface area contributed by atoms with Crippen LogP contribution >= 0.6 is 0 Å². The number of benzene rings is 8. The van der Waals surface area contributed by atoms with Crippen molar-refractivity contribution >= 4 is 43.7 Å². The summed E-state index contributed by atoms with van der Waals surface area (Å²) in [6.45, 7) is 0. The highest BCUT2D eigenvalue weighted by atomic mass is 19.4. The molecule has 64 heavy (non-hydrogen) atoms. The van der Waals surface area contributed by atoms with Crippen LogP contribution in [0.25, 0.3) is 106 Å². The maximum atomic E-state index is 14.1. The summed E-state index contributed by atoms with van der Waals surface area (Å²) in [7, 11) is 0. The Morgan fingerprint density at radius 3 is 1.61 bits per heavy atom. The Morgan fingerprint density at radius 2 is 0.938 bits per heavy atom. The molecule has 0 aliphatic carbocycles. The van der Waals surface area contributed by atoms with Crippen LogP contribution in [0, 0.1) is 0 Å². The number of hydrogen-bond donors (Lipinski definition) is 0. The Hall–Kier alpha value is -8.05. The number of hydrogen-bond acceptors (Lipinski definition) is 4. The van der Waals surface area contributed by atoms with Crippen molar-refractivity contribution in [2.75, 3.05) is 0 Å². The van der Waals surface area contributed by atoms with Gasteiger partial charge in [0.05, 0.1) is 27.8 Å². The molecule has 0 saturated carbocycles. The number of rotatable bonds is 6. The highest BCUT2D eigenvalue weighted by Crippen LogP contribution is 2.44. The van der Waals surface area contributed by atoms with Gasteiger partial charge in [-0.3, -0.25) is 0 Å². The predicted molar refractivity (Wildman–Crippen MR) is 239 cm³/mol. The third-order valence-corrected chi connectivity index (χ3v) is 11.5. The minimum Gasteiger partial charge on any atom is -0.456 e. The SMILES string of the molecule is FC(F)(F)c1cc(-c2ccc3c4ccccc4n(-c4ccc(-c5cccc6oc7ccccc7c56)cc4-c4nc(-c5ccccc5)nc(-c5ccccc5)n4)c3c2)cc(C(F)(F)F)c1. The summed E-state index contributed by atoms with van der Waals surface area (Å²) < 4.78 is 92.9. The number of para-hydroxylation sites is 2. The molecule has 11 rings (SSSR count). The van der Waals surface area contributed by atoms with Crippen LogP contribution in [0.4, 0.5) is 26.3 Å². The zero-order valence-electron chi connectivity index (χ0n) is 33.3. The Morgan fingerprint density at radius 1 is 0.375 bits per heavy atom. The van der Waals surface area contributed by atoms with E-state index in [1.54, 1.807) is 18.2 Å². The highest BCUT2D eigenvalue weighted by Gasteiger charge is 2.37. The molecular formula is C53H30F6N4O. The smallest absolute Gasteiger partial charge is 0.416 e. The van der Waals surface area contributed by atoms with Crippen molar-refractivity contribution in [3.8, 4) is 62.1 Å². The fourth-order valence-electron chi connectivity index (χ4n) is 8.55. The second kappa shape index (κ2) is 14.8. The first-order chi connectivity index (χ1) is 31.0. The van der Waals surface area contributed by atoms with Gasteiger partial charge in [0.1, 0.15) is 11.2 Å². The molecule has 0 amide bonds. The Bertz CT molecular complexity index is 3500. The van der Waals surface area contributed by atoms with Gasteiger partial charge in [0, 0.05) is 38.2 Å². The number of nitrogens with zero attached hydrogens (tertiary/aromatic N) is 4. The zero-order valence-corrected chi connectivity index (χ0v) is 33.3. The van der Waals surface area contributed by atoms with E-state index in [9.17, 15) is 26.3 Å². The lowest BCUT2D eigenvalue weighted by atomic mass is 9.96. The molecule has 0 aliphatic heterocycles. The maximum absolute atomic E-state index is 14.1. The topological polar surface area (TPSA) is 56.7 Å². The lowest BCUT2D eigenvalue weighted by molar-refractivity contribution is -0.143. The summed E-state index contributed by atoms with van der Waals surface area (Å²) in [5, 5.41) is 3.41. The van der Waals surface area contributed by atoms with Crippen molar-refractivity contribution < 1.29 is 30.8 Å². The summed E-state index contributed by atoms with van der Waals surface area (Å²) in [6, 6.07) is 53.0. The Labute approximate surface area is 360 Å². The van der Waals surface area contributed by atoms with Crippen molar-refractivity contribution in [1.82, 2.24) is 19.5 Å². The predicted octanol–water partition coefficient (Wildman–Crippen LogP) is 15.2. The standard InChI is InChI=1S/C53H30F6N4O/c54-52(55,56)36-26-35(27-37(30-36)53(57,58)59)33-22-24-40-39-16-7-9-19-43(39)63(45(40)29-33)44-25-23-34(38-18-11-21-47-48(38)41-17-8-10-20-46(41)64-47)28-42(44)51-61-49(31-12-3-1-4-13-31)60-50(62-51)32-14-5-2-6-15-32/h1-30H. The fraction of sp³-hybridized carbons (Fsp3) is 0.0377. The Kier molecular flexibility index (Phi) is 8.98. The lowest BCUT2D eigenvalue weighted by Crippen LogP contribution is -2.11. The van der Waals surface area contributed by atoms with Crippen LogP contribution in [0.15, 0.2) is 186 Å². The molecule has 0 unspecified atom stereocenters. The van der Waals surface area contributed by atoms with Gasteiger partial charge in [0.2, 0.25) is 0 Å². The number of furan rings is 1. The molecule has 5 nitrogen and oxygen atoms in total. The molecule has 3 heterocycles. The third kappa shape index (κ3) is 6.73. The zero-order chi connectivity index (χ0) is 43.7. The van der Waals surface area contributed by atoms with Crippen LogP contribution in [0.5, 0.6) is 0 Å². The molecule has 11 heteroatoms. The van der Waals surface area contributed by atoms with Crippen LogP contribution in [0.3, 0.4) is 0 Å². The first kappa shape index (κ1) is 38.8. The largest absolute Gasteiger partial charge is 0.456 e. The van der Waals surface area contributed by atoms with Crippen molar-refractivity contribution in [3.63, 3.8) is 0 Å². The lowest BCUT2D eigenvalue weighted by Gasteiger charge is -2.17. The van der Waals surface area contributed by atoms with Crippen LogP contribution < -0.4 is 0 Å². The van der Waals surface area contributed by atoms with E-state index in [2.05, 4.69) is 0 Å². The molecule has 310 valence electrons. The van der Waals surface area contributed by atoms with Crippen molar-refractivity contribution in [1.29, 1.82) is 0 Å². The summed E-state index contributed by atoms with van der Waals surface area (Å²) in [4.78, 5) is 15.2. The number of fused-ring (bicyclic) bond motifs is 6. The molecule has 0 spiro atoms. The molecule has 0 N–H and O–H groups in total. The van der Waals surface area contributed by atoms with Gasteiger partial charge in [-0.05, 0) is 76.9 Å². The summed E-state index contributed by atoms with van der Waals surface area (Å²) in [5.41, 5.74) is 4.33. The van der Waals surface area contributed by atoms with Crippen LogP contribution in [-0.4, -0.2) is 19.5 Å².